The van der Waals surface area contributed by atoms with Crippen LogP contribution in [-0.2, 0) is 16.7 Å². The summed E-state index contributed by atoms with van der Waals surface area (Å²) in [5.74, 6) is -0.757. The van der Waals surface area contributed by atoms with Crippen LogP contribution in [-0.4, -0.2) is 30.3 Å². The van der Waals surface area contributed by atoms with Gasteiger partial charge in [0.05, 0.1) is 17.5 Å². The molecule has 0 atom stereocenters. The number of benzene rings is 2. The van der Waals surface area contributed by atoms with Crippen molar-refractivity contribution in [2.45, 2.75) is 57.2 Å². The van der Waals surface area contributed by atoms with Gasteiger partial charge in [-0.15, -0.1) is 0 Å². The molecule has 0 saturated heterocycles. The van der Waals surface area contributed by atoms with Crippen molar-refractivity contribution in [3.05, 3.63) is 63.4 Å². The Hall–Kier alpha value is -3.26. The summed E-state index contributed by atoms with van der Waals surface area (Å²) < 4.78 is 39.3. The average Bonchev–Trinajstić information content (AvgIpc) is 3.76. The molecule has 2 aromatic carbocycles. The van der Waals surface area contributed by atoms with Crippen molar-refractivity contribution >= 4 is 16.9 Å². The Labute approximate surface area is 200 Å². The van der Waals surface area contributed by atoms with E-state index < -0.39 is 18.0 Å². The van der Waals surface area contributed by atoms with E-state index in [1.807, 2.05) is 12.1 Å². The lowest BCUT2D eigenvalue weighted by molar-refractivity contribution is -0.0486. The first-order valence-electron chi connectivity index (χ1n) is 12.1. The summed E-state index contributed by atoms with van der Waals surface area (Å²) in [5, 5.41) is 3.64. The molecule has 1 aromatic heterocycles. The zero-order chi connectivity index (χ0) is 24.3. The third-order valence-corrected chi connectivity index (χ3v) is 7.41. The molecule has 1 aliphatic heterocycles. The minimum Gasteiger partial charge on any atom is -0.462 e. The van der Waals surface area contributed by atoms with Gasteiger partial charge in [-0.3, -0.25) is 4.79 Å². The van der Waals surface area contributed by atoms with Crippen LogP contribution in [0.4, 0.5) is 8.78 Å². The zero-order valence-electron chi connectivity index (χ0n) is 19.4. The highest BCUT2D eigenvalue weighted by Gasteiger charge is 2.46. The molecule has 2 fully saturated rings. The fraction of sp³-hybridized carbons (Fsp3) is 0.407. The monoisotopic (exact) mass is 480 g/mol. The predicted octanol–water partition coefficient (Wildman–Crippen LogP) is 4.92. The van der Waals surface area contributed by atoms with E-state index in [0.29, 0.717) is 5.56 Å². The van der Waals surface area contributed by atoms with Crippen LogP contribution < -0.4 is 15.5 Å². The predicted molar refractivity (Wildman–Crippen MR) is 127 cm³/mol. The molecule has 3 aromatic rings. The number of aromatic nitrogens is 1. The summed E-state index contributed by atoms with van der Waals surface area (Å²) in [6, 6.07) is 9.34. The van der Waals surface area contributed by atoms with E-state index in [-0.39, 0.29) is 40.3 Å². The molecule has 3 aliphatic rings. The molecule has 0 radical (unpaired) electrons. The van der Waals surface area contributed by atoms with E-state index in [1.165, 1.54) is 11.8 Å². The molecule has 6 nitrogen and oxygen atoms in total. The molecule has 2 heterocycles. The van der Waals surface area contributed by atoms with Crippen molar-refractivity contribution in [2.75, 3.05) is 13.2 Å². The van der Waals surface area contributed by atoms with Gasteiger partial charge >= 0.3 is 12.6 Å². The lowest BCUT2D eigenvalue weighted by Crippen LogP contribution is -2.33. The van der Waals surface area contributed by atoms with E-state index in [0.717, 1.165) is 49.9 Å². The number of carbonyl (C=O) groups excluding carboxylic acids is 1. The van der Waals surface area contributed by atoms with E-state index >= 15 is 0 Å². The van der Waals surface area contributed by atoms with Crippen LogP contribution in [0.3, 0.4) is 0 Å². The number of halogens is 2. The Kier molecular flexibility index (Phi) is 5.18. The Morgan fingerprint density at radius 2 is 2.03 bits per heavy atom. The van der Waals surface area contributed by atoms with Crippen molar-refractivity contribution in [1.29, 1.82) is 0 Å². The van der Waals surface area contributed by atoms with E-state index in [9.17, 15) is 18.4 Å². The first-order chi connectivity index (χ1) is 16.9. The second kappa shape index (κ2) is 8.16. The number of nitrogens with zero attached hydrogens (tertiary/aromatic N) is 1. The number of nitrogens with one attached hydrogen (secondary N) is 1. The van der Waals surface area contributed by atoms with Crippen LogP contribution in [0.2, 0.25) is 0 Å². The summed E-state index contributed by atoms with van der Waals surface area (Å²) in [7, 11) is 0. The van der Waals surface area contributed by atoms with Gasteiger partial charge in [0.25, 0.3) is 0 Å². The van der Waals surface area contributed by atoms with Gasteiger partial charge in [0.2, 0.25) is 5.43 Å². The molecule has 0 amide bonds. The number of fused-ring (bicyclic) bond motifs is 3. The number of alkyl halides is 2. The SMILES string of the molecule is CCOC(=O)c1cn(C2CC2)c2c(OC(F)F)c(-c3ccc4c(c3)CNCC43CC3)ccc2c1=O. The summed E-state index contributed by atoms with van der Waals surface area (Å²) >= 11 is 0. The van der Waals surface area contributed by atoms with Crippen molar-refractivity contribution < 1.29 is 23.0 Å². The van der Waals surface area contributed by atoms with Crippen LogP contribution >= 0.6 is 0 Å². The van der Waals surface area contributed by atoms with Crippen molar-refractivity contribution in [3.63, 3.8) is 0 Å². The Morgan fingerprint density at radius 3 is 2.71 bits per heavy atom. The maximum atomic E-state index is 13.7. The molecule has 35 heavy (non-hydrogen) atoms. The van der Waals surface area contributed by atoms with Crippen molar-refractivity contribution in [3.8, 4) is 16.9 Å². The van der Waals surface area contributed by atoms with Gasteiger partial charge in [-0.25, -0.2) is 4.79 Å². The van der Waals surface area contributed by atoms with Gasteiger partial charge in [0.15, 0.2) is 5.75 Å². The number of pyridine rings is 1. The molecule has 1 spiro atoms. The second-order valence-corrected chi connectivity index (χ2v) is 9.70. The van der Waals surface area contributed by atoms with Gasteiger partial charge in [-0.05, 0) is 67.5 Å². The van der Waals surface area contributed by atoms with Crippen LogP contribution in [0.1, 0.15) is 60.1 Å². The van der Waals surface area contributed by atoms with Crippen LogP contribution in [0.15, 0.2) is 41.3 Å². The van der Waals surface area contributed by atoms with Crippen LogP contribution in [0.25, 0.3) is 22.0 Å². The first-order valence-corrected chi connectivity index (χ1v) is 12.1. The van der Waals surface area contributed by atoms with Crippen molar-refractivity contribution in [2.24, 2.45) is 0 Å². The maximum Gasteiger partial charge on any atom is 0.387 e. The number of esters is 1. The quantitative estimate of drug-likeness (QED) is 0.508. The highest BCUT2D eigenvalue weighted by molar-refractivity contribution is 5.98. The van der Waals surface area contributed by atoms with Gasteiger partial charge in [-0.2, -0.15) is 8.78 Å². The van der Waals surface area contributed by atoms with Gasteiger partial charge in [-0.1, -0.05) is 12.1 Å². The van der Waals surface area contributed by atoms with E-state index in [2.05, 4.69) is 11.4 Å². The molecular weight excluding hydrogens is 454 g/mol. The summed E-state index contributed by atoms with van der Waals surface area (Å²) in [6.07, 6.45) is 5.39. The Morgan fingerprint density at radius 1 is 1.23 bits per heavy atom. The standard InChI is InChI=1S/C27H26F2N2O4/c1-2-34-25(33)20-13-31(17-4-5-17)22-19(23(20)32)7-6-18(24(22)35-26(28)29)15-3-8-21-16(11-15)12-30-14-27(21)9-10-27/h3,6-8,11,13,17,26,30H,2,4-5,9-10,12,14H2,1H3. The number of hydrogen-bond donors (Lipinski definition) is 1. The minimum atomic E-state index is -3.07. The third-order valence-electron chi connectivity index (χ3n) is 7.41. The van der Waals surface area contributed by atoms with Gasteiger partial charge < -0.3 is 19.4 Å². The van der Waals surface area contributed by atoms with Crippen LogP contribution in [0.5, 0.6) is 5.75 Å². The molecule has 2 aliphatic carbocycles. The molecule has 182 valence electrons. The normalized spacial score (nSPS) is 18.1. The first kappa shape index (κ1) is 22.2. The van der Waals surface area contributed by atoms with E-state index in [1.54, 1.807) is 23.6 Å². The molecule has 0 bridgehead atoms. The zero-order valence-corrected chi connectivity index (χ0v) is 19.4. The fourth-order valence-corrected chi connectivity index (χ4v) is 5.40. The van der Waals surface area contributed by atoms with E-state index in [4.69, 9.17) is 9.47 Å². The minimum absolute atomic E-state index is 0.00371. The summed E-state index contributed by atoms with van der Waals surface area (Å²) in [5.41, 5.74) is 3.57. The second-order valence-electron chi connectivity index (χ2n) is 9.70. The molecular formula is C27H26F2N2O4. The third kappa shape index (κ3) is 3.71. The number of carbonyl (C=O) groups is 1. The topological polar surface area (TPSA) is 69.6 Å². The summed E-state index contributed by atoms with van der Waals surface area (Å²) in [4.78, 5) is 25.7. The lowest BCUT2D eigenvalue weighted by Gasteiger charge is -2.27. The fourth-order valence-electron chi connectivity index (χ4n) is 5.40. The molecule has 1 N–H and O–H groups in total. The largest absolute Gasteiger partial charge is 0.462 e. The highest BCUT2D eigenvalue weighted by atomic mass is 19.3. The number of rotatable bonds is 6. The molecule has 2 saturated carbocycles. The van der Waals surface area contributed by atoms with Crippen molar-refractivity contribution in [1.82, 2.24) is 9.88 Å². The molecule has 8 heteroatoms. The number of ether oxygens (including phenoxy) is 2. The Balaban J connectivity index is 1.57. The van der Waals surface area contributed by atoms with Crippen LogP contribution in [0, 0.1) is 0 Å². The highest BCUT2D eigenvalue weighted by Crippen LogP contribution is 2.51. The summed E-state index contributed by atoms with van der Waals surface area (Å²) in [6.45, 7) is 0.414. The smallest absolute Gasteiger partial charge is 0.387 e. The Bertz CT molecular complexity index is 1410. The number of hydrogen-bond acceptors (Lipinski definition) is 5. The average molecular weight is 481 g/mol. The maximum absolute atomic E-state index is 13.7. The van der Waals surface area contributed by atoms with Gasteiger partial charge in [0.1, 0.15) is 5.56 Å². The molecule has 0 unspecified atom stereocenters. The lowest BCUT2D eigenvalue weighted by atomic mass is 9.86. The van der Waals surface area contributed by atoms with Gasteiger partial charge in [0, 0.05) is 36.3 Å². The molecule has 6 rings (SSSR count).